The summed E-state index contributed by atoms with van der Waals surface area (Å²) in [6, 6.07) is 0. The summed E-state index contributed by atoms with van der Waals surface area (Å²) in [5.74, 6) is 1.25. The minimum Gasteiger partial charge on any atom is -0.251 e. The van der Waals surface area contributed by atoms with Crippen LogP contribution in [0.4, 0.5) is 0 Å². The maximum Gasteiger partial charge on any atom is 0.111 e. The van der Waals surface area contributed by atoms with E-state index in [1.54, 1.807) is 0 Å². The molecule has 0 heterocycles. The molecule has 0 saturated carbocycles. The Labute approximate surface area is 97.2 Å². The van der Waals surface area contributed by atoms with Gasteiger partial charge in [0.25, 0.3) is 0 Å². The summed E-state index contributed by atoms with van der Waals surface area (Å²) in [4.78, 5) is 4.31. The lowest BCUT2D eigenvalue weighted by molar-refractivity contribution is -0.268. The van der Waals surface area contributed by atoms with Gasteiger partial charge in [0.05, 0.1) is 0 Å². The summed E-state index contributed by atoms with van der Waals surface area (Å²) < 4.78 is 0. The summed E-state index contributed by atoms with van der Waals surface area (Å²) in [7, 11) is 0. The van der Waals surface area contributed by atoms with E-state index in [2.05, 4.69) is 35.3 Å². The maximum atomic E-state index is 8.53. The average molecular weight is 220 g/mol. The second-order valence-corrected chi connectivity index (χ2v) is 4.70. The van der Waals surface area contributed by atoms with Gasteiger partial charge in [-0.2, -0.15) is 0 Å². The Kier molecular flexibility index (Phi) is 4.37. The summed E-state index contributed by atoms with van der Waals surface area (Å²) in [6.45, 7) is 0. The predicted octanol–water partition coefficient (Wildman–Crippen LogP) is 3.72. The first-order chi connectivity index (χ1) is 7.88. The van der Waals surface area contributed by atoms with Crippen LogP contribution in [0.3, 0.4) is 0 Å². The van der Waals surface area contributed by atoms with E-state index >= 15 is 0 Å². The molecule has 3 unspecified atom stereocenters. The normalized spacial score (nSPS) is 34.7. The molecule has 0 fully saturated rings. The Morgan fingerprint density at radius 3 is 2.62 bits per heavy atom. The molecule has 0 spiro atoms. The molecule has 0 bridgehead atoms. The average Bonchev–Trinajstić information content (AvgIpc) is 2.38. The molecule has 16 heavy (non-hydrogen) atoms. The van der Waals surface area contributed by atoms with Crippen LogP contribution < -0.4 is 0 Å². The molecule has 0 aromatic heterocycles. The lowest BCUT2D eigenvalue weighted by Gasteiger charge is -2.19. The zero-order chi connectivity index (χ0) is 11.2. The fourth-order valence-electron chi connectivity index (χ4n) is 2.36. The molecule has 0 radical (unpaired) electrons. The van der Waals surface area contributed by atoms with Gasteiger partial charge in [-0.05, 0) is 43.9 Å². The van der Waals surface area contributed by atoms with Crippen molar-refractivity contribution in [3.8, 4) is 0 Å². The Hall–Kier alpha value is -0.860. The Bertz CT molecular complexity index is 291. The second-order valence-electron chi connectivity index (χ2n) is 4.70. The minimum atomic E-state index is -0.0951. The predicted molar refractivity (Wildman–Crippen MR) is 65.0 cm³/mol. The molecule has 0 aromatic carbocycles. The van der Waals surface area contributed by atoms with E-state index in [1.165, 1.54) is 19.3 Å². The number of hydrogen-bond donors (Lipinski definition) is 1. The molecule has 2 aliphatic carbocycles. The van der Waals surface area contributed by atoms with Gasteiger partial charge >= 0.3 is 0 Å². The first-order valence-electron chi connectivity index (χ1n) is 6.20. The number of rotatable bonds is 3. The molecule has 1 N–H and O–H groups in total. The molecule has 2 rings (SSSR count). The third-order valence-corrected chi connectivity index (χ3v) is 3.43. The first kappa shape index (κ1) is 11.6. The zero-order valence-electron chi connectivity index (χ0n) is 9.59. The lowest BCUT2D eigenvalue weighted by Crippen LogP contribution is -2.14. The van der Waals surface area contributed by atoms with Crippen molar-refractivity contribution in [3.05, 3.63) is 36.5 Å². The summed E-state index contributed by atoms with van der Waals surface area (Å²) >= 11 is 0. The highest BCUT2D eigenvalue weighted by Gasteiger charge is 2.14. The van der Waals surface area contributed by atoms with E-state index in [4.69, 9.17) is 5.26 Å². The van der Waals surface area contributed by atoms with Gasteiger partial charge in [0.15, 0.2) is 0 Å². The van der Waals surface area contributed by atoms with Crippen LogP contribution in [0, 0.1) is 11.8 Å². The molecule has 0 aliphatic heterocycles. The Morgan fingerprint density at radius 2 is 2.00 bits per heavy atom. The summed E-state index contributed by atoms with van der Waals surface area (Å²) in [5.41, 5.74) is 0. The van der Waals surface area contributed by atoms with Crippen molar-refractivity contribution < 1.29 is 10.1 Å². The molecule has 0 aromatic rings. The second kappa shape index (κ2) is 6.02. The maximum absolute atomic E-state index is 8.53. The van der Waals surface area contributed by atoms with Crippen molar-refractivity contribution in [1.29, 1.82) is 0 Å². The Balaban J connectivity index is 1.81. The fourth-order valence-corrected chi connectivity index (χ4v) is 2.36. The molecule has 2 heteroatoms. The largest absolute Gasteiger partial charge is 0.251 e. The van der Waals surface area contributed by atoms with Gasteiger partial charge in [0.2, 0.25) is 0 Å². The van der Waals surface area contributed by atoms with Crippen LogP contribution in [0.15, 0.2) is 36.5 Å². The third-order valence-electron chi connectivity index (χ3n) is 3.43. The Morgan fingerprint density at radius 1 is 1.06 bits per heavy atom. The van der Waals surface area contributed by atoms with Gasteiger partial charge in [-0.1, -0.05) is 36.5 Å². The summed E-state index contributed by atoms with van der Waals surface area (Å²) in [6.07, 6.45) is 18.9. The van der Waals surface area contributed by atoms with Crippen LogP contribution in [-0.4, -0.2) is 11.4 Å². The van der Waals surface area contributed by atoms with Crippen molar-refractivity contribution in [2.75, 3.05) is 0 Å². The van der Waals surface area contributed by atoms with Gasteiger partial charge in [0.1, 0.15) is 6.10 Å². The molecule has 2 nitrogen and oxygen atoms in total. The molecule has 88 valence electrons. The van der Waals surface area contributed by atoms with Crippen LogP contribution in [0.2, 0.25) is 0 Å². The van der Waals surface area contributed by atoms with E-state index in [9.17, 15) is 0 Å². The topological polar surface area (TPSA) is 29.5 Å². The molecule has 0 amide bonds. The van der Waals surface area contributed by atoms with E-state index in [1.807, 2.05) is 6.08 Å². The molecule has 0 saturated heterocycles. The van der Waals surface area contributed by atoms with Crippen LogP contribution >= 0.6 is 0 Å². The molecule has 2 aliphatic rings. The van der Waals surface area contributed by atoms with E-state index < -0.39 is 0 Å². The van der Waals surface area contributed by atoms with E-state index in [-0.39, 0.29) is 6.10 Å². The van der Waals surface area contributed by atoms with Crippen molar-refractivity contribution in [2.24, 2.45) is 11.8 Å². The number of hydrogen-bond acceptors (Lipinski definition) is 2. The standard InChI is InChI=1S/C14H20O2/c15-16-14-10-8-13(9-11-14)7-6-12-4-2-1-3-5-12/h1-2,6-8,10,12-15H,3-5,9,11H2. The number of allylic oxidation sites excluding steroid dienone is 5. The first-order valence-corrected chi connectivity index (χ1v) is 6.20. The van der Waals surface area contributed by atoms with Crippen molar-refractivity contribution >= 4 is 0 Å². The summed E-state index contributed by atoms with van der Waals surface area (Å²) in [5, 5.41) is 8.53. The minimum absolute atomic E-state index is 0.0951. The quantitative estimate of drug-likeness (QED) is 0.446. The highest BCUT2D eigenvalue weighted by Crippen LogP contribution is 2.24. The molecular formula is C14H20O2. The smallest absolute Gasteiger partial charge is 0.111 e. The molecular weight excluding hydrogens is 200 g/mol. The van der Waals surface area contributed by atoms with Crippen LogP contribution in [0.1, 0.15) is 32.1 Å². The molecule has 3 atom stereocenters. The highest BCUT2D eigenvalue weighted by molar-refractivity contribution is 5.09. The van der Waals surface area contributed by atoms with Crippen molar-refractivity contribution in [3.63, 3.8) is 0 Å². The van der Waals surface area contributed by atoms with Crippen LogP contribution in [0.5, 0.6) is 0 Å². The highest BCUT2D eigenvalue weighted by atomic mass is 17.1. The SMILES string of the molecule is OOC1C=CC(C=CC2CC=CCC2)CC1. The van der Waals surface area contributed by atoms with E-state index in [0.29, 0.717) is 5.92 Å². The van der Waals surface area contributed by atoms with Gasteiger partial charge in [-0.25, -0.2) is 4.89 Å². The van der Waals surface area contributed by atoms with Gasteiger partial charge in [-0.15, -0.1) is 0 Å². The zero-order valence-corrected chi connectivity index (χ0v) is 9.59. The van der Waals surface area contributed by atoms with Gasteiger partial charge < -0.3 is 0 Å². The van der Waals surface area contributed by atoms with Gasteiger partial charge in [0, 0.05) is 0 Å². The van der Waals surface area contributed by atoms with E-state index in [0.717, 1.165) is 18.8 Å². The third kappa shape index (κ3) is 3.32. The van der Waals surface area contributed by atoms with Crippen LogP contribution in [0.25, 0.3) is 0 Å². The lowest BCUT2D eigenvalue weighted by atomic mass is 9.89. The van der Waals surface area contributed by atoms with Crippen molar-refractivity contribution in [2.45, 2.75) is 38.2 Å². The van der Waals surface area contributed by atoms with Crippen molar-refractivity contribution in [1.82, 2.24) is 0 Å². The fraction of sp³-hybridized carbons (Fsp3) is 0.571. The van der Waals surface area contributed by atoms with Gasteiger partial charge in [-0.3, -0.25) is 5.26 Å². The monoisotopic (exact) mass is 220 g/mol. The van der Waals surface area contributed by atoms with Crippen LogP contribution in [-0.2, 0) is 4.89 Å².